The molecule has 2 heterocycles. The molecule has 2 saturated heterocycles. The van der Waals surface area contributed by atoms with Crippen molar-refractivity contribution < 1.29 is 24.5 Å². The van der Waals surface area contributed by atoms with Crippen LogP contribution < -0.4 is 0 Å². The van der Waals surface area contributed by atoms with Crippen LogP contribution in [-0.2, 0) is 14.3 Å². The number of Topliss-reactive ketones (excluding diaryl/α,β-unsaturated/α-hetero) is 2. The number of hydrogen-bond donors (Lipinski definition) is 2. The SMILES string of the molecule is C=C1CC(C)(C)[C@H]2[C@H](O)[C@]3(O)OC[C@]2(C1=O)[C@@H]1CC[C@H]2C(=C)C4C(=O)C13[C@H]42. The Bertz CT molecular complexity index is 872. The first-order valence-electron chi connectivity index (χ1n) is 10.1. The largest absolute Gasteiger partial charge is 0.387 e. The van der Waals surface area contributed by atoms with Crippen LogP contribution in [0.25, 0.3) is 0 Å². The summed E-state index contributed by atoms with van der Waals surface area (Å²) >= 11 is 0. The van der Waals surface area contributed by atoms with Crippen LogP contribution >= 0.6 is 0 Å². The van der Waals surface area contributed by atoms with Gasteiger partial charge < -0.3 is 14.9 Å². The van der Waals surface area contributed by atoms with Crippen molar-refractivity contribution in [2.24, 2.45) is 45.8 Å². The fraction of sp³-hybridized carbons (Fsp3) is 0.727. The maximum atomic E-state index is 13.6. The lowest BCUT2D eigenvalue weighted by atomic mass is 9.23. The van der Waals surface area contributed by atoms with Crippen molar-refractivity contribution >= 4 is 11.6 Å². The van der Waals surface area contributed by atoms with Gasteiger partial charge in [-0.05, 0) is 48.0 Å². The highest BCUT2D eigenvalue weighted by molar-refractivity contribution is 6.06. The molecule has 0 amide bonds. The zero-order valence-corrected chi connectivity index (χ0v) is 15.8. The molecule has 2 spiro atoms. The van der Waals surface area contributed by atoms with Crippen LogP contribution in [0.2, 0.25) is 0 Å². The van der Waals surface area contributed by atoms with Gasteiger partial charge in [0.05, 0.1) is 17.4 Å². The molecule has 2 aliphatic heterocycles. The second-order valence-corrected chi connectivity index (χ2v) is 10.6. The topological polar surface area (TPSA) is 83.8 Å². The zero-order valence-electron chi connectivity index (χ0n) is 15.8. The van der Waals surface area contributed by atoms with Crippen LogP contribution in [0.1, 0.15) is 33.1 Å². The van der Waals surface area contributed by atoms with E-state index < -0.39 is 34.1 Å². The first-order valence-corrected chi connectivity index (χ1v) is 10.1. The first-order chi connectivity index (χ1) is 12.6. The Kier molecular flexibility index (Phi) is 2.57. The van der Waals surface area contributed by atoms with Crippen molar-refractivity contribution in [1.82, 2.24) is 0 Å². The molecule has 7 aliphatic rings. The highest BCUT2D eigenvalue weighted by Crippen LogP contribution is 2.83. The molecule has 27 heavy (non-hydrogen) atoms. The summed E-state index contributed by atoms with van der Waals surface area (Å²) in [7, 11) is 0. The average Bonchev–Trinajstić information content (AvgIpc) is 2.58. The summed E-state index contributed by atoms with van der Waals surface area (Å²) in [5.74, 6) is -2.88. The highest BCUT2D eigenvalue weighted by Gasteiger charge is 2.91. The summed E-state index contributed by atoms with van der Waals surface area (Å²) in [6.07, 6.45) is 0.806. The molecule has 5 nitrogen and oxygen atoms in total. The Labute approximate surface area is 158 Å². The summed E-state index contributed by atoms with van der Waals surface area (Å²) in [5, 5.41) is 23.1. The molecule has 7 rings (SSSR count). The van der Waals surface area contributed by atoms with Gasteiger partial charge in [-0.2, -0.15) is 0 Å². The van der Waals surface area contributed by atoms with E-state index in [1.54, 1.807) is 0 Å². The number of allylic oxidation sites excluding steroid dienone is 2. The minimum atomic E-state index is -1.90. The smallest absolute Gasteiger partial charge is 0.205 e. The van der Waals surface area contributed by atoms with Crippen LogP contribution in [0.5, 0.6) is 0 Å². The molecule has 5 aliphatic carbocycles. The van der Waals surface area contributed by atoms with Gasteiger partial charge in [0, 0.05) is 11.8 Å². The number of aliphatic hydroxyl groups excluding tert-OH is 1. The molecule has 5 saturated carbocycles. The molecular formula is C22H26O5. The van der Waals surface area contributed by atoms with E-state index in [9.17, 15) is 19.8 Å². The predicted octanol–water partition coefficient (Wildman–Crippen LogP) is 1.64. The van der Waals surface area contributed by atoms with Gasteiger partial charge in [0.1, 0.15) is 6.10 Å². The number of rotatable bonds is 0. The summed E-state index contributed by atoms with van der Waals surface area (Å²) in [4.78, 5) is 27.0. The van der Waals surface area contributed by atoms with Crippen LogP contribution in [0.3, 0.4) is 0 Å². The van der Waals surface area contributed by atoms with Crippen molar-refractivity contribution in [3.05, 3.63) is 24.3 Å². The number of fused-ring (bicyclic) bond motifs is 1. The van der Waals surface area contributed by atoms with E-state index in [-0.39, 0.29) is 41.8 Å². The molecule has 5 heteroatoms. The Morgan fingerprint density at radius 3 is 2.59 bits per heavy atom. The maximum absolute atomic E-state index is 13.6. The zero-order chi connectivity index (χ0) is 19.3. The second-order valence-electron chi connectivity index (χ2n) is 10.6. The number of aliphatic hydroxyl groups is 2. The van der Waals surface area contributed by atoms with Crippen molar-refractivity contribution in [2.45, 2.75) is 45.0 Å². The molecule has 7 fully saturated rings. The predicted molar refractivity (Wildman–Crippen MR) is 95.2 cm³/mol. The lowest BCUT2D eigenvalue weighted by Crippen LogP contribution is -2.92. The van der Waals surface area contributed by atoms with E-state index in [4.69, 9.17) is 4.74 Å². The minimum Gasteiger partial charge on any atom is -0.387 e. The maximum Gasteiger partial charge on any atom is 0.205 e. The molecule has 0 radical (unpaired) electrons. The molecule has 0 aromatic carbocycles. The number of carbonyl (C=O) groups is 2. The van der Waals surface area contributed by atoms with Gasteiger partial charge in [0.25, 0.3) is 0 Å². The van der Waals surface area contributed by atoms with Gasteiger partial charge in [-0.25, -0.2) is 0 Å². The molecule has 9 atom stereocenters. The summed E-state index contributed by atoms with van der Waals surface area (Å²) < 4.78 is 5.91. The van der Waals surface area contributed by atoms with E-state index in [1.165, 1.54) is 0 Å². The summed E-state index contributed by atoms with van der Waals surface area (Å²) in [5.41, 5.74) is -1.03. The molecule has 2 N–H and O–H groups in total. The monoisotopic (exact) mass is 370 g/mol. The van der Waals surface area contributed by atoms with Crippen molar-refractivity contribution in [3.63, 3.8) is 0 Å². The fourth-order valence-electron chi connectivity index (χ4n) is 8.87. The molecule has 2 bridgehead atoms. The van der Waals surface area contributed by atoms with Crippen LogP contribution in [0, 0.1) is 45.8 Å². The molecule has 0 aromatic rings. The Hall–Kier alpha value is -1.30. The second kappa shape index (κ2) is 4.17. The van der Waals surface area contributed by atoms with E-state index in [1.807, 2.05) is 13.8 Å². The third kappa shape index (κ3) is 1.26. The van der Waals surface area contributed by atoms with Crippen LogP contribution in [0.4, 0.5) is 0 Å². The Morgan fingerprint density at radius 2 is 1.89 bits per heavy atom. The molecule has 144 valence electrons. The van der Waals surface area contributed by atoms with Gasteiger partial charge in [0.15, 0.2) is 11.6 Å². The van der Waals surface area contributed by atoms with E-state index in [0.717, 1.165) is 12.0 Å². The van der Waals surface area contributed by atoms with Crippen LogP contribution in [0.15, 0.2) is 24.3 Å². The fourth-order valence-corrected chi connectivity index (χ4v) is 8.87. The number of carbonyl (C=O) groups excluding carboxylic acids is 2. The summed E-state index contributed by atoms with van der Waals surface area (Å²) in [6, 6.07) is 0. The lowest BCUT2D eigenvalue weighted by molar-refractivity contribution is -0.454. The molecular weight excluding hydrogens is 344 g/mol. The third-order valence-electron chi connectivity index (χ3n) is 9.47. The number of ether oxygens (including phenoxy) is 1. The average molecular weight is 370 g/mol. The first kappa shape index (κ1) is 16.6. The normalized spacial score (nSPS) is 59.4. The Morgan fingerprint density at radius 1 is 1.19 bits per heavy atom. The lowest BCUT2D eigenvalue weighted by Gasteiger charge is -2.82. The number of ketones is 2. The van der Waals surface area contributed by atoms with Gasteiger partial charge in [-0.15, -0.1) is 0 Å². The molecule has 2 unspecified atom stereocenters. The van der Waals surface area contributed by atoms with Gasteiger partial charge >= 0.3 is 0 Å². The van der Waals surface area contributed by atoms with Crippen molar-refractivity contribution in [3.8, 4) is 0 Å². The van der Waals surface area contributed by atoms with E-state index in [0.29, 0.717) is 18.4 Å². The number of hydrogen-bond acceptors (Lipinski definition) is 5. The Balaban J connectivity index is 1.63. The summed E-state index contributed by atoms with van der Waals surface area (Å²) in [6.45, 7) is 12.3. The van der Waals surface area contributed by atoms with Crippen molar-refractivity contribution in [1.29, 1.82) is 0 Å². The quantitative estimate of drug-likeness (QED) is 0.500. The minimum absolute atomic E-state index is 0.0554. The standard InChI is InChI=1S/C22H26O5/c1-9-7-19(3,4)15-18(25)22(26)21-12(20(15,8-27-22)16(9)23)6-5-11-10(2)13(14(11)21)17(21)24/h11-15,18,25-26H,1-2,5-8H2,3-4H3/t11-,12-,13?,14-,15+,18-,20-,21?,22-/m0/s1. The highest BCUT2D eigenvalue weighted by atomic mass is 16.6. The third-order valence-corrected chi connectivity index (χ3v) is 9.47. The van der Waals surface area contributed by atoms with Crippen molar-refractivity contribution in [2.75, 3.05) is 6.61 Å². The molecule has 0 aromatic heterocycles. The van der Waals surface area contributed by atoms with E-state index in [2.05, 4.69) is 13.2 Å². The van der Waals surface area contributed by atoms with Gasteiger partial charge in [-0.1, -0.05) is 32.6 Å². The van der Waals surface area contributed by atoms with Crippen LogP contribution in [-0.4, -0.2) is 40.3 Å². The van der Waals surface area contributed by atoms with Gasteiger partial charge in [0.2, 0.25) is 5.79 Å². The van der Waals surface area contributed by atoms with Gasteiger partial charge in [-0.3, -0.25) is 9.59 Å². The van der Waals surface area contributed by atoms with E-state index >= 15 is 0 Å².